The van der Waals surface area contributed by atoms with Gasteiger partial charge in [-0.25, -0.2) is 0 Å². The largest absolute Gasteiger partial charge is 0.356 e. The number of hydrogen-bond donors (Lipinski definition) is 3. The van der Waals surface area contributed by atoms with Crippen molar-refractivity contribution < 1.29 is 4.79 Å². The summed E-state index contributed by atoms with van der Waals surface area (Å²) in [6, 6.07) is 5.36. The molecule has 0 bridgehead atoms. The van der Waals surface area contributed by atoms with Gasteiger partial charge in [0.15, 0.2) is 5.96 Å². The molecule has 0 fully saturated rings. The molecule has 3 N–H and O–H groups in total. The first-order valence-electron chi connectivity index (χ1n) is 7.22. The van der Waals surface area contributed by atoms with E-state index in [4.69, 9.17) is 23.2 Å². The Morgan fingerprint density at radius 1 is 1.17 bits per heavy atom. The van der Waals surface area contributed by atoms with Crippen LogP contribution in [0.3, 0.4) is 0 Å². The molecule has 0 atom stereocenters. The van der Waals surface area contributed by atoms with Crippen LogP contribution in [0.5, 0.6) is 0 Å². The number of amides is 1. The predicted octanol–water partition coefficient (Wildman–Crippen LogP) is 3.19. The Balaban J connectivity index is 0.00000484. The van der Waals surface area contributed by atoms with Crippen molar-refractivity contribution >= 4 is 59.0 Å². The molecule has 0 saturated heterocycles. The number of rotatable bonds is 7. The second-order valence-corrected chi connectivity index (χ2v) is 5.53. The molecule has 0 aromatic heterocycles. The number of nitrogens with zero attached hydrogens (tertiary/aromatic N) is 1. The minimum Gasteiger partial charge on any atom is -0.356 e. The van der Waals surface area contributed by atoms with Crippen molar-refractivity contribution in [3.8, 4) is 0 Å². The maximum atomic E-state index is 11.5. The normalized spacial score (nSPS) is 10.7. The SMILES string of the molecule is CCCNC(=O)CCNC(=NC)NCc1ccc(Cl)cc1Cl.I. The summed E-state index contributed by atoms with van der Waals surface area (Å²) >= 11 is 12.0. The fraction of sp³-hybridized carbons (Fsp3) is 0.467. The minimum atomic E-state index is 0. The number of carbonyl (C=O) groups excluding carboxylic acids is 1. The van der Waals surface area contributed by atoms with Gasteiger partial charge >= 0.3 is 0 Å². The fourth-order valence-electron chi connectivity index (χ4n) is 1.71. The van der Waals surface area contributed by atoms with Crippen molar-refractivity contribution in [1.29, 1.82) is 0 Å². The van der Waals surface area contributed by atoms with Crippen molar-refractivity contribution in [2.24, 2.45) is 4.99 Å². The standard InChI is InChI=1S/C15H22Cl2N4O.HI/c1-3-7-19-14(22)6-8-20-15(18-2)21-10-11-4-5-12(16)9-13(11)17;/h4-5,9H,3,6-8,10H2,1-2H3,(H,19,22)(H2,18,20,21);1H. The highest BCUT2D eigenvalue weighted by atomic mass is 127. The number of benzene rings is 1. The van der Waals surface area contributed by atoms with Crippen LogP contribution in [-0.2, 0) is 11.3 Å². The molecule has 5 nitrogen and oxygen atoms in total. The van der Waals surface area contributed by atoms with Gasteiger partial charge in [0.1, 0.15) is 0 Å². The van der Waals surface area contributed by atoms with Gasteiger partial charge in [0, 0.05) is 43.1 Å². The first kappa shape index (κ1) is 22.3. The smallest absolute Gasteiger partial charge is 0.221 e. The van der Waals surface area contributed by atoms with Crippen molar-refractivity contribution in [2.45, 2.75) is 26.3 Å². The van der Waals surface area contributed by atoms with Gasteiger partial charge in [0.25, 0.3) is 0 Å². The van der Waals surface area contributed by atoms with Crippen LogP contribution in [0.2, 0.25) is 10.0 Å². The van der Waals surface area contributed by atoms with Crippen molar-refractivity contribution in [3.63, 3.8) is 0 Å². The molecule has 0 saturated carbocycles. The molecule has 0 aliphatic rings. The van der Waals surface area contributed by atoms with E-state index in [2.05, 4.69) is 20.9 Å². The maximum Gasteiger partial charge on any atom is 0.221 e. The third kappa shape index (κ3) is 9.22. The number of carbonyl (C=O) groups is 1. The predicted molar refractivity (Wildman–Crippen MR) is 108 cm³/mol. The van der Waals surface area contributed by atoms with Gasteiger partial charge in [-0.15, -0.1) is 24.0 Å². The van der Waals surface area contributed by atoms with Crippen LogP contribution in [0.15, 0.2) is 23.2 Å². The molecule has 0 aliphatic carbocycles. The molecule has 1 aromatic rings. The topological polar surface area (TPSA) is 65.5 Å². The molecule has 0 radical (unpaired) electrons. The molecular weight excluding hydrogens is 450 g/mol. The first-order valence-corrected chi connectivity index (χ1v) is 7.97. The summed E-state index contributed by atoms with van der Waals surface area (Å²) in [5, 5.41) is 10.3. The second-order valence-electron chi connectivity index (χ2n) is 4.69. The summed E-state index contributed by atoms with van der Waals surface area (Å²) in [6.45, 7) is 3.77. The van der Waals surface area contributed by atoms with Crippen LogP contribution in [0.1, 0.15) is 25.3 Å². The number of aliphatic imine (C=N–C) groups is 1. The lowest BCUT2D eigenvalue weighted by Gasteiger charge is -2.12. The van der Waals surface area contributed by atoms with Crippen LogP contribution < -0.4 is 16.0 Å². The van der Waals surface area contributed by atoms with Crippen LogP contribution >= 0.6 is 47.2 Å². The number of guanidine groups is 1. The van der Waals surface area contributed by atoms with Gasteiger partial charge < -0.3 is 16.0 Å². The van der Waals surface area contributed by atoms with Crippen LogP contribution in [0, 0.1) is 0 Å². The summed E-state index contributed by atoms with van der Waals surface area (Å²) in [5.41, 5.74) is 0.926. The zero-order chi connectivity index (χ0) is 16.4. The lowest BCUT2D eigenvalue weighted by atomic mass is 10.2. The van der Waals surface area contributed by atoms with Crippen molar-refractivity contribution in [2.75, 3.05) is 20.1 Å². The van der Waals surface area contributed by atoms with Gasteiger partial charge in [0.05, 0.1) is 0 Å². The Labute approximate surface area is 164 Å². The Hall–Kier alpha value is -0.730. The molecule has 0 aliphatic heterocycles. The molecule has 1 aromatic carbocycles. The molecule has 130 valence electrons. The van der Waals surface area contributed by atoms with E-state index >= 15 is 0 Å². The first-order chi connectivity index (χ1) is 10.6. The lowest BCUT2D eigenvalue weighted by molar-refractivity contribution is -0.120. The fourth-order valence-corrected chi connectivity index (χ4v) is 2.19. The third-order valence-electron chi connectivity index (χ3n) is 2.90. The van der Waals surface area contributed by atoms with Crippen molar-refractivity contribution in [3.05, 3.63) is 33.8 Å². The molecular formula is C15H23Cl2IN4O. The molecule has 1 amide bonds. The zero-order valence-corrected chi connectivity index (χ0v) is 17.1. The van der Waals surface area contributed by atoms with Crippen LogP contribution in [-0.4, -0.2) is 32.0 Å². The van der Waals surface area contributed by atoms with E-state index in [0.717, 1.165) is 12.0 Å². The zero-order valence-electron chi connectivity index (χ0n) is 13.3. The summed E-state index contributed by atoms with van der Waals surface area (Å²) in [5.74, 6) is 0.653. The van der Waals surface area contributed by atoms with Gasteiger partial charge in [-0.1, -0.05) is 36.2 Å². The Kier molecular flexibility index (Phi) is 12.3. The summed E-state index contributed by atoms with van der Waals surface area (Å²) in [4.78, 5) is 15.6. The highest BCUT2D eigenvalue weighted by molar-refractivity contribution is 14.0. The van der Waals surface area contributed by atoms with Crippen LogP contribution in [0.4, 0.5) is 0 Å². The van der Waals surface area contributed by atoms with E-state index in [1.807, 2.05) is 13.0 Å². The highest BCUT2D eigenvalue weighted by Gasteiger charge is 2.04. The number of nitrogens with one attached hydrogen (secondary N) is 3. The summed E-state index contributed by atoms with van der Waals surface area (Å²) in [6.07, 6.45) is 1.34. The quantitative estimate of drug-likeness (QED) is 0.324. The summed E-state index contributed by atoms with van der Waals surface area (Å²) in [7, 11) is 1.68. The maximum absolute atomic E-state index is 11.5. The second kappa shape index (κ2) is 12.7. The average Bonchev–Trinajstić information content (AvgIpc) is 2.50. The Bertz CT molecular complexity index is 526. The minimum absolute atomic E-state index is 0. The van der Waals surface area contributed by atoms with E-state index in [-0.39, 0.29) is 29.9 Å². The molecule has 0 spiro atoms. The number of halogens is 3. The van der Waals surface area contributed by atoms with Gasteiger partial charge in [-0.2, -0.15) is 0 Å². The van der Waals surface area contributed by atoms with E-state index in [9.17, 15) is 4.79 Å². The highest BCUT2D eigenvalue weighted by Crippen LogP contribution is 2.20. The molecule has 8 heteroatoms. The summed E-state index contributed by atoms with van der Waals surface area (Å²) < 4.78 is 0. The molecule has 23 heavy (non-hydrogen) atoms. The average molecular weight is 473 g/mol. The molecule has 0 unspecified atom stereocenters. The Morgan fingerprint density at radius 3 is 2.52 bits per heavy atom. The van der Waals surface area contributed by atoms with Gasteiger partial charge in [-0.3, -0.25) is 9.79 Å². The number of hydrogen-bond acceptors (Lipinski definition) is 2. The van der Waals surface area contributed by atoms with E-state index in [1.165, 1.54) is 0 Å². The van der Waals surface area contributed by atoms with E-state index in [0.29, 0.717) is 42.1 Å². The Morgan fingerprint density at radius 2 is 1.91 bits per heavy atom. The lowest BCUT2D eigenvalue weighted by Crippen LogP contribution is -2.39. The third-order valence-corrected chi connectivity index (χ3v) is 3.49. The van der Waals surface area contributed by atoms with Gasteiger partial charge in [0.2, 0.25) is 5.91 Å². The molecule has 0 heterocycles. The van der Waals surface area contributed by atoms with Crippen LogP contribution in [0.25, 0.3) is 0 Å². The van der Waals surface area contributed by atoms with E-state index < -0.39 is 0 Å². The van der Waals surface area contributed by atoms with Gasteiger partial charge in [-0.05, 0) is 24.1 Å². The van der Waals surface area contributed by atoms with E-state index in [1.54, 1.807) is 19.2 Å². The molecule has 1 rings (SSSR count). The van der Waals surface area contributed by atoms with Crippen molar-refractivity contribution in [1.82, 2.24) is 16.0 Å². The monoisotopic (exact) mass is 472 g/mol.